The zero-order valence-electron chi connectivity index (χ0n) is 11.8. The number of nitrogens with zero attached hydrogens (tertiary/aromatic N) is 2. The summed E-state index contributed by atoms with van der Waals surface area (Å²) in [6, 6.07) is 10.4. The van der Waals surface area contributed by atoms with Gasteiger partial charge in [-0.3, -0.25) is 4.68 Å². The second-order valence-corrected chi connectivity index (χ2v) is 5.39. The van der Waals surface area contributed by atoms with Crippen molar-refractivity contribution in [3.8, 4) is 0 Å². The number of benzene rings is 1. The summed E-state index contributed by atoms with van der Waals surface area (Å²) in [6.07, 6.45) is 5.29. The predicted octanol–water partition coefficient (Wildman–Crippen LogP) is 3.07. The molecule has 2 rings (SSSR count). The first-order valence-corrected chi connectivity index (χ1v) is 7.00. The molecule has 0 spiro atoms. The third-order valence-electron chi connectivity index (χ3n) is 3.10. The lowest BCUT2D eigenvalue weighted by molar-refractivity contribution is 0.537. The van der Waals surface area contributed by atoms with Gasteiger partial charge in [0.1, 0.15) is 0 Å². The van der Waals surface area contributed by atoms with E-state index in [1.165, 1.54) is 17.5 Å². The van der Waals surface area contributed by atoms with Crippen LogP contribution in [-0.2, 0) is 13.1 Å². The summed E-state index contributed by atoms with van der Waals surface area (Å²) in [5.41, 5.74) is 2.53. The van der Waals surface area contributed by atoms with Crippen molar-refractivity contribution in [1.29, 1.82) is 0 Å². The van der Waals surface area contributed by atoms with E-state index in [4.69, 9.17) is 0 Å². The third kappa shape index (κ3) is 4.87. The van der Waals surface area contributed by atoms with Crippen LogP contribution in [-0.4, -0.2) is 16.3 Å². The minimum Gasteiger partial charge on any atom is -0.313 e. The Labute approximate surface area is 115 Å². The smallest absolute Gasteiger partial charge is 0.0659 e. The van der Waals surface area contributed by atoms with Crippen LogP contribution in [0.25, 0.3) is 0 Å². The van der Waals surface area contributed by atoms with E-state index >= 15 is 0 Å². The van der Waals surface area contributed by atoms with Crippen LogP contribution in [0.4, 0.5) is 0 Å². The quantitative estimate of drug-likeness (QED) is 0.773. The van der Waals surface area contributed by atoms with Gasteiger partial charge in [-0.15, -0.1) is 0 Å². The average molecular weight is 257 g/mol. The minimum absolute atomic E-state index is 0.758. The Bertz CT molecular complexity index is 474. The van der Waals surface area contributed by atoms with Crippen LogP contribution in [0.3, 0.4) is 0 Å². The first-order chi connectivity index (χ1) is 9.24. The Balaban J connectivity index is 1.79. The van der Waals surface area contributed by atoms with Gasteiger partial charge in [0.15, 0.2) is 0 Å². The number of aromatic nitrogens is 2. The van der Waals surface area contributed by atoms with Crippen molar-refractivity contribution in [3.63, 3.8) is 0 Å². The summed E-state index contributed by atoms with van der Waals surface area (Å²) in [5, 5.41) is 7.86. The molecule has 2 aromatic rings. The maximum Gasteiger partial charge on any atom is 0.0659 e. The van der Waals surface area contributed by atoms with Gasteiger partial charge in [0.2, 0.25) is 0 Å². The van der Waals surface area contributed by atoms with Gasteiger partial charge in [-0.2, -0.15) is 5.10 Å². The van der Waals surface area contributed by atoms with Crippen LogP contribution in [0.1, 0.15) is 31.4 Å². The van der Waals surface area contributed by atoms with Crippen molar-refractivity contribution < 1.29 is 0 Å². The maximum absolute atomic E-state index is 4.40. The van der Waals surface area contributed by atoms with E-state index in [2.05, 4.69) is 54.7 Å². The fraction of sp³-hybridized carbons (Fsp3) is 0.438. The normalized spacial score (nSPS) is 11.1. The molecule has 3 nitrogen and oxygen atoms in total. The molecular formula is C16H23N3. The molecule has 0 saturated heterocycles. The van der Waals surface area contributed by atoms with Crippen molar-refractivity contribution in [2.45, 2.75) is 33.4 Å². The van der Waals surface area contributed by atoms with Gasteiger partial charge in [-0.05, 0) is 24.4 Å². The highest BCUT2D eigenvalue weighted by atomic mass is 15.3. The zero-order chi connectivity index (χ0) is 13.5. The van der Waals surface area contributed by atoms with Crippen molar-refractivity contribution in [1.82, 2.24) is 15.1 Å². The molecule has 0 radical (unpaired) electrons. The molecule has 1 aromatic heterocycles. The molecule has 19 heavy (non-hydrogen) atoms. The van der Waals surface area contributed by atoms with E-state index in [9.17, 15) is 0 Å². The van der Waals surface area contributed by atoms with Crippen LogP contribution in [0.15, 0.2) is 42.7 Å². The third-order valence-corrected chi connectivity index (χ3v) is 3.10. The summed E-state index contributed by atoms with van der Waals surface area (Å²) < 4.78 is 1.99. The first-order valence-electron chi connectivity index (χ1n) is 7.00. The SMILES string of the molecule is CC(C)CCNCc1cnn(Cc2ccccc2)c1. The van der Waals surface area contributed by atoms with E-state index in [0.717, 1.165) is 25.6 Å². The second-order valence-electron chi connectivity index (χ2n) is 5.39. The molecule has 0 unspecified atom stereocenters. The van der Waals surface area contributed by atoms with E-state index in [1.807, 2.05) is 16.9 Å². The predicted molar refractivity (Wildman–Crippen MR) is 78.9 cm³/mol. The van der Waals surface area contributed by atoms with Gasteiger partial charge in [-0.1, -0.05) is 44.2 Å². The molecule has 3 heteroatoms. The van der Waals surface area contributed by atoms with Crippen LogP contribution < -0.4 is 5.32 Å². The minimum atomic E-state index is 0.758. The summed E-state index contributed by atoms with van der Waals surface area (Å²) in [7, 11) is 0. The molecule has 0 atom stereocenters. The lowest BCUT2D eigenvalue weighted by Crippen LogP contribution is -2.15. The topological polar surface area (TPSA) is 29.9 Å². The molecule has 0 saturated carbocycles. The fourth-order valence-corrected chi connectivity index (χ4v) is 1.98. The molecule has 0 bridgehead atoms. The highest BCUT2D eigenvalue weighted by molar-refractivity contribution is 5.15. The monoisotopic (exact) mass is 257 g/mol. The lowest BCUT2D eigenvalue weighted by Gasteiger charge is -2.05. The Hall–Kier alpha value is -1.61. The molecule has 102 valence electrons. The van der Waals surface area contributed by atoms with Gasteiger partial charge in [0, 0.05) is 18.3 Å². The van der Waals surface area contributed by atoms with Gasteiger partial charge < -0.3 is 5.32 Å². The largest absolute Gasteiger partial charge is 0.313 e. The molecule has 0 aliphatic heterocycles. The summed E-state index contributed by atoms with van der Waals surface area (Å²) in [6.45, 7) is 7.31. The van der Waals surface area contributed by atoms with Crippen molar-refractivity contribution in [2.75, 3.05) is 6.54 Å². The summed E-state index contributed by atoms with van der Waals surface area (Å²) in [4.78, 5) is 0. The van der Waals surface area contributed by atoms with Crippen LogP contribution >= 0.6 is 0 Å². The van der Waals surface area contributed by atoms with Crippen molar-refractivity contribution in [3.05, 3.63) is 53.9 Å². The molecule has 0 aliphatic rings. The Kier molecular flexibility index (Phi) is 5.16. The van der Waals surface area contributed by atoms with Crippen molar-refractivity contribution in [2.24, 2.45) is 5.92 Å². The molecule has 0 amide bonds. The molecule has 0 fully saturated rings. The Morgan fingerprint density at radius 3 is 2.68 bits per heavy atom. The van der Waals surface area contributed by atoms with Crippen LogP contribution in [0.5, 0.6) is 0 Å². The van der Waals surface area contributed by atoms with Crippen LogP contribution in [0.2, 0.25) is 0 Å². The Morgan fingerprint density at radius 2 is 1.95 bits per heavy atom. The van der Waals surface area contributed by atoms with Crippen molar-refractivity contribution >= 4 is 0 Å². The van der Waals surface area contributed by atoms with E-state index in [0.29, 0.717) is 0 Å². The van der Waals surface area contributed by atoms with Gasteiger partial charge in [-0.25, -0.2) is 0 Å². The molecule has 1 heterocycles. The Morgan fingerprint density at radius 1 is 1.16 bits per heavy atom. The summed E-state index contributed by atoms with van der Waals surface area (Å²) >= 11 is 0. The standard InChI is InChI=1S/C16H23N3/c1-14(2)8-9-17-10-16-11-18-19(13-16)12-15-6-4-3-5-7-15/h3-7,11,13-14,17H,8-10,12H2,1-2H3. The molecule has 1 aromatic carbocycles. The molecule has 1 N–H and O–H groups in total. The molecular weight excluding hydrogens is 234 g/mol. The zero-order valence-corrected chi connectivity index (χ0v) is 11.8. The number of nitrogens with one attached hydrogen (secondary N) is 1. The number of rotatable bonds is 7. The van der Waals surface area contributed by atoms with Gasteiger partial charge in [0.25, 0.3) is 0 Å². The first kappa shape index (κ1) is 13.8. The van der Waals surface area contributed by atoms with E-state index in [-0.39, 0.29) is 0 Å². The lowest BCUT2D eigenvalue weighted by atomic mass is 10.1. The highest BCUT2D eigenvalue weighted by Crippen LogP contribution is 2.04. The fourth-order valence-electron chi connectivity index (χ4n) is 1.98. The highest BCUT2D eigenvalue weighted by Gasteiger charge is 2.00. The second kappa shape index (κ2) is 7.10. The summed E-state index contributed by atoms with van der Waals surface area (Å²) in [5.74, 6) is 0.758. The average Bonchev–Trinajstić information content (AvgIpc) is 2.83. The van der Waals surface area contributed by atoms with Gasteiger partial charge >= 0.3 is 0 Å². The molecule has 0 aliphatic carbocycles. The van der Waals surface area contributed by atoms with Gasteiger partial charge in [0.05, 0.1) is 12.7 Å². The van der Waals surface area contributed by atoms with E-state index < -0.39 is 0 Å². The number of hydrogen-bond acceptors (Lipinski definition) is 2. The van der Waals surface area contributed by atoms with Crippen LogP contribution in [0, 0.1) is 5.92 Å². The van der Waals surface area contributed by atoms with E-state index in [1.54, 1.807) is 0 Å². The maximum atomic E-state index is 4.40. The number of hydrogen-bond donors (Lipinski definition) is 1.